The number of rotatable bonds is 10. The van der Waals surface area contributed by atoms with Crippen molar-refractivity contribution in [2.45, 2.75) is 19.5 Å². The molecule has 1 atom stereocenters. The van der Waals surface area contributed by atoms with E-state index in [1.807, 2.05) is 37.3 Å². The van der Waals surface area contributed by atoms with E-state index in [-0.39, 0.29) is 13.1 Å². The summed E-state index contributed by atoms with van der Waals surface area (Å²) in [6.07, 6.45) is 4.31. The van der Waals surface area contributed by atoms with Crippen LogP contribution in [0, 0.1) is 6.92 Å². The lowest BCUT2D eigenvalue weighted by atomic mass is 10.2. The summed E-state index contributed by atoms with van der Waals surface area (Å²) >= 11 is 0. The van der Waals surface area contributed by atoms with Crippen LogP contribution in [0.3, 0.4) is 0 Å². The van der Waals surface area contributed by atoms with Crippen molar-refractivity contribution >= 4 is 21.6 Å². The van der Waals surface area contributed by atoms with Crippen LogP contribution in [0.1, 0.15) is 11.1 Å². The van der Waals surface area contributed by atoms with Gasteiger partial charge in [-0.2, -0.15) is 0 Å². The number of nitrogens with one attached hydrogen (secondary N) is 2. The SMILES string of the molecule is Cc1ccc(Oc2ccc(N(CC(NCc3cccnc3)C(=O)NO)S(C)(=O)=O)cc2)cc1. The summed E-state index contributed by atoms with van der Waals surface area (Å²) in [7, 11) is -3.74. The minimum Gasteiger partial charge on any atom is -0.457 e. The fourth-order valence-electron chi connectivity index (χ4n) is 3.08. The first-order valence-corrected chi connectivity index (χ1v) is 12.0. The maximum Gasteiger partial charge on any atom is 0.262 e. The van der Waals surface area contributed by atoms with Gasteiger partial charge in [0.1, 0.15) is 17.5 Å². The summed E-state index contributed by atoms with van der Waals surface area (Å²) in [4.78, 5) is 16.2. The molecule has 0 saturated heterocycles. The quantitative estimate of drug-likeness (QED) is 0.308. The zero-order valence-corrected chi connectivity index (χ0v) is 19.1. The third kappa shape index (κ3) is 7.01. The van der Waals surface area contributed by atoms with Crippen molar-refractivity contribution in [2.75, 3.05) is 17.1 Å². The van der Waals surface area contributed by atoms with Gasteiger partial charge in [0, 0.05) is 18.9 Å². The zero-order chi connectivity index (χ0) is 23.8. The second-order valence-electron chi connectivity index (χ2n) is 7.47. The highest BCUT2D eigenvalue weighted by molar-refractivity contribution is 7.92. The molecule has 2 aromatic carbocycles. The topological polar surface area (TPSA) is 121 Å². The van der Waals surface area contributed by atoms with Crippen LogP contribution in [0.5, 0.6) is 11.5 Å². The van der Waals surface area contributed by atoms with Gasteiger partial charge >= 0.3 is 0 Å². The molecule has 33 heavy (non-hydrogen) atoms. The van der Waals surface area contributed by atoms with Crippen molar-refractivity contribution in [1.82, 2.24) is 15.8 Å². The maximum absolute atomic E-state index is 12.5. The summed E-state index contributed by atoms with van der Waals surface area (Å²) in [5, 5.41) is 12.1. The van der Waals surface area contributed by atoms with Crippen LogP contribution in [-0.2, 0) is 21.4 Å². The van der Waals surface area contributed by atoms with Gasteiger partial charge in [0.15, 0.2) is 0 Å². The fourth-order valence-corrected chi connectivity index (χ4v) is 4.01. The minimum absolute atomic E-state index is 0.232. The Labute approximate surface area is 193 Å². The number of nitrogens with zero attached hydrogens (tertiary/aromatic N) is 2. The van der Waals surface area contributed by atoms with Crippen LogP contribution in [-0.4, -0.2) is 43.4 Å². The molecule has 9 nitrogen and oxygen atoms in total. The fraction of sp³-hybridized carbons (Fsp3) is 0.217. The molecule has 0 aliphatic heterocycles. The summed E-state index contributed by atoms with van der Waals surface area (Å²) < 4.78 is 31.9. The van der Waals surface area contributed by atoms with E-state index < -0.39 is 22.0 Å². The van der Waals surface area contributed by atoms with Gasteiger partial charge in [0.25, 0.3) is 5.91 Å². The summed E-state index contributed by atoms with van der Waals surface area (Å²) in [5.74, 6) is 0.440. The second-order valence-corrected chi connectivity index (χ2v) is 9.38. The number of pyridine rings is 1. The van der Waals surface area contributed by atoms with Crippen LogP contribution >= 0.6 is 0 Å². The molecule has 1 heterocycles. The molecule has 0 aliphatic rings. The molecule has 0 aliphatic carbocycles. The van der Waals surface area contributed by atoms with E-state index in [1.54, 1.807) is 48.2 Å². The van der Waals surface area contributed by atoms with Gasteiger partial charge in [-0.25, -0.2) is 13.9 Å². The zero-order valence-electron chi connectivity index (χ0n) is 18.3. The number of aryl methyl sites for hydroxylation is 1. The van der Waals surface area contributed by atoms with E-state index in [1.165, 1.54) is 0 Å². The minimum atomic E-state index is -3.74. The van der Waals surface area contributed by atoms with E-state index in [0.717, 1.165) is 21.7 Å². The number of carbonyl (C=O) groups is 1. The van der Waals surface area contributed by atoms with Crippen molar-refractivity contribution < 1.29 is 23.2 Å². The highest BCUT2D eigenvalue weighted by atomic mass is 32.2. The van der Waals surface area contributed by atoms with Crippen molar-refractivity contribution in [3.8, 4) is 11.5 Å². The van der Waals surface area contributed by atoms with Gasteiger partial charge in [-0.05, 0) is 55.0 Å². The van der Waals surface area contributed by atoms with Crippen LogP contribution in [0.4, 0.5) is 5.69 Å². The molecule has 10 heteroatoms. The lowest BCUT2D eigenvalue weighted by molar-refractivity contribution is -0.131. The first kappa shape index (κ1) is 24.2. The highest BCUT2D eigenvalue weighted by Gasteiger charge is 2.26. The van der Waals surface area contributed by atoms with Crippen molar-refractivity contribution in [3.63, 3.8) is 0 Å². The van der Waals surface area contributed by atoms with Crippen LogP contribution in [0.25, 0.3) is 0 Å². The van der Waals surface area contributed by atoms with Gasteiger partial charge in [-0.15, -0.1) is 0 Å². The number of hydrogen-bond donors (Lipinski definition) is 3. The number of ether oxygens (including phenoxy) is 1. The highest BCUT2D eigenvalue weighted by Crippen LogP contribution is 2.26. The molecule has 0 bridgehead atoms. The van der Waals surface area contributed by atoms with E-state index in [9.17, 15) is 13.2 Å². The number of benzene rings is 2. The maximum atomic E-state index is 12.5. The van der Waals surface area contributed by atoms with Gasteiger partial charge < -0.3 is 10.1 Å². The first-order chi connectivity index (χ1) is 15.8. The number of anilines is 1. The molecule has 0 fully saturated rings. The van der Waals surface area contributed by atoms with Gasteiger partial charge in [0.05, 0.1) is 18.5 Å². The monoisotopic (exact) mass is 470 g/mol. The third-order valence-electron chi connectivity index (χ3n) is 4.83. The molecule has 174 valence electrons. The standard InChI is InChI=1S/C23H26N4O5S/c1-17-5-9-20(10-6-17)32-21-11-7-19(8-12-21)27(33(2,30)31)16-22(23(28)26-29)25-15-18-4-3-13-24-14-18/h3-14,22,25,29H,15-16H2,1-2H3,(H,26,28). The predicted octanol–water partition coefficient (Wildman–Crippen LogP) is 2.61. The Morgan fingerprint density at radius 1 is 1.09 bits per heavy atom. The molecule has 0 radical (unpaired) electrons. The average Bonchev–Trinajstić information content (AvgIpc) is 2.81. The number of hydrogen-bond acceptors (Lipinski definition) is 7. The van der Waals surface area contributed by atoms with E-state index in [2.05, 4.69) is 10.3 Å². The van der Waals surface area contributed by atoms with E-state index in [0.29, 0.717) is 17.2 Å². The molecule has 1 amide bonds. The lowest BCUT2D eigenvalue weighted by Gasteiger charge is -2.27. The second kappa shape index (κ2) is 10.9. The van der Waals surface area contributed by atoms with Gasteiger partial charge in [-0.3, -0.25) is 19.3 Å². The van der Waals surface area contributed by atoms with Crippen LogP contribution < -0.4 is 19.8 Å². The Balaban J connectivity index is 1.77. The smallest absolute Gasteiger partial charge is 0.262 e. The number of amides is 1. The summed E-state index contributed by atoms with van der Waals surface area (Å²) in [6.45, 7) is 2.00. The van der Waals surface area contributed by atoms with E-state index >= 15 is 0 Å². The average molecular weight is 471 g/mol. The summed E-state index contributed by atoms with van der Waals surface area (Å²) in [5.41, 5.74) is 3.86. The Bertz CT molecular complexity index is 1150. The molecule has 0 spiro atoms. The Hall–Kier alpha value is -3.47. The molecule has 3 rings (SSSR count). The first-order valence-electron chi connectivity index (χ1n) is 10.1. The number of sulfonamides is 1. The third-order valence-corrected chi connectivity index (χ3v) is 5.99. The number of hydroxylamine groups is 1. The molecule has 3 aromatic rings. The Kier molecular flexibility index (Phi) is 7.99. The van der Waals surface area contributed by atoms with Crippen LogP contribution in [0.2, 0.25) is 0 Å². The number of aromatic nitrogens is 1. The molecule has 1 unspecified atom stereocenters. The largest absolute Gasteiger partial charge is 0.457 e. The van der Waals surface area contributed by atoms with Crippen molar-refractivity contribution in [3.05, 3.63) is 84.2 Å². The Morgan fingerprint density at radius 3 is 2.27 bits per heavy atom. The van der Waals surface area contributed by atoms with Gasteiger partial charge in [-0.1, -0.05) is 23.8 Å². The lowest BCUT2D eigenvalue weighted by Crippen LogP contribution is -2.51. The van der Waals surface area contributed by atoms with Crippen molar-refractivity contribution in [1.29, 1.82) is 0 Å². The Morgan fingerprint density at radius 2 is 1.73 bits per heavy atom. The van der Waals surface area contributed by atoms with Gasteiger partial charge in [0.2, 0.25) is 10.0 Å². The van der Waals surface area contributed by atoms with Crippen LogP contribution in [0.15, 0.2) is 73.1 Å². The molecular formula is C23H26N4O5S. The van der Waals surface area contributed by atoms with E-state index in [4.69, 9.17) is 9.94 Å². The molecular weight excluding hydrogens is 444 g/mol. The molecule has 1 aromatic heterocycles. The molecule has 0 saturated carbocycles. The molecule has 3 N–H and O–H groups in total. The normalized spacial score (nSPS) is 12.1. The predicted molar refractivity (Wildman–Crippen MR) is 125 cm³/mol. The van der Waals surface area contributed by atoms with Crippen molar-refractivity contribution in [2.24, 2.45) is 0 Å². The number of carbonyl (C=O) groups excluding carboxylic acids is 1. The summed E-state index contributed by atoms with van der Waals surface area (Å²) in [6, 6.07) is 16.6.